The lowest BCUT2D eigenvalue weighted by Crippen LogP contribution is -2.33. The van der Waals surface area contributed by atoms with Gasteiger partial charge in [0.1, 0.15) is 11.0 Å². The lowest BCUT2D eigenvalue weighted by molar-refractivity contribution is 0.755. The zero-order valence-corrected chi connectivity index (χ0v) is 15.7. The van der Waals surface area contributed by atoms with Crippen LogP contribution < -0.4 is 31.5 Å². The minimum Gasteiger partial charge on any atom is -0.371 e. The van der Waals surface area contributed by atoms with E-state index in [1.165, 1.54) is 0 Å². The average Bonchev–Trinajstić information content (AvgIpc) is 2.66. The van der Waals surface area contributed by atoms with E-state index < -0.39 is 0 Å². The van der Waals surface area contributed by atoms with Gasteiger partial charge in [-0.1, -0.05) is 13.8 Å². The number of hydrogen-bond donors (Lipinski definition) is 4. The summed E-state index contributed by atoms with van der Waals surface area (Å²) in [6.45, 7) is 4.00. The highest BCUT2D eigenvalue weighted by Gasteiger charge is 2.17. The summed E-state index contributed by atoms with van der Waals surface area (Å²) in [5, 5.41) is 9.56. The summed E-state index contributed by atoms with van der Waals surface area (Å²) in [6.07, 6.45) is 0. The molecule has 0 atom stereocenters. The lowest BCUT2D eigenvalue weighted by atomic mass is 10.3. The van der Waals surface area contributed by atoms with Crippen molar-refractivity contribution in [3.8, 4) is 0 Å². The van der Waals surface area contributed by atoms with Crippen LogP contribution in [0.3, 0.4) is 0 Å². The Morgan fingerprint density at radius 1 is 0.625 bits per heavy atom. The molecule has 0 spiro atoms. The third-order valence-corrected chi connectivity index (χ3v) is 3.26. The summed E-state index contributed by atoms with van der Waals surface area (Å²) in [4.78, 5) is 18.0. The van der Waals surface area contributed by atoms with Gasteiger partial charge in [0.25, 0.3) is 0 Å². The zero-order valence-electron chi connectivity index (χ0n) is 15.7. The molecular formula is C14H28N10. The maximum atomic E-state index is 4.54. The topological polar surface area (TPSA) is 106 Å². The molecule has 0 saturated heterocycles. The Bertz CT molecular complexity index is 602. The maximum absolute atomic E-state index is 4.54. The van der Waals surface area contributed by atoms with Crippen LogP contribution in [0.2, 0.25) is 0 Å². The van der Waals surface area contributed by atoms with E-state index >= 15 is 0 Å². The van der Waals surface area contributed by atoms with Crippen molar-refractivity contribution in [3.05, 3.63) is 0 Å². The smallest absolute Gasteiger partial charge is 0.242 e. The van der Waals surface area contributed by atoms with Gasteiger partial charge < -0.3 is 10.6 Å². The number of aromatic nitrogens is 4. The molecule has 0 unspecified atom stereocenters. The van der Waals surface area contributed by atoms with E-state index in [0.717, 1.165) is 0 Å². The van der Waals surface area contributed by atoms with Gasteiger partial charge in [0.2, 0.25) is 11.9 Å². The Morgan fingerprint density at radius 2 is 0.958 bits per heavy atom. The zero-order chi connectivity index (χ0) is 18.3. The van der Waals surface area contributed by atoms with Crippen LogP contribution >= 0.6 is 0 Å². The van der Waals surface area contributed by atoms with E-state index in [1.54, 1.807) is 38.2 Å². The van der Waals surface area contributed by atoms with Crippen molar-refractivity contribution in [1.82, 2.24) is 30.8 Å². The number of hydrazine groups is 2. The first-order valence-electron chi connectivity index (χ1n) is 7.83. The minimum atomic E-state index is 0.522. The largest absolute Gasteiger partial charge is 0.371 e. The van der Waals surface area contributed by atoms with Gasteiger partial charge in [-0.25, -0.2) is 20.8 Å². The molecule has 10 nitrogen and oxygen atoms in total. The van der Waals surface area contributed by atoms with Gasteiger partial charge in [-0.05, 0) is 0 Å². The molecule has 2 aromatic rings. The normalized spacial score (nSPS) is 10.0. The average molecular weight is 336 g/mol. The van der Waals surface area contributed by atoms with E-state index in [4.69, 9.17) is 0 Å². The molecule has 2 aromatic heterocycles. The summed E-state index contributed by atoms with van der Waals surface area (Å²) >= 11 is 0. The van der Waals surface area contributed by atoms with Gasteiger partial charge in [0, 0.05) is 42.3 Å². The fourth-order valence-corrected chi connectivity index (χ4v) is 1.84. The number of nitrogens with zero attached hydrogens (tertiary/aromatic N) is 6. The lowest BCUT2D eigenvalue weighted by Gasteiger charge is -2.20. The fraction of sp³-hybridized carbons (Fsp3) is 0.571. The number of rotatable bonds is 6. The quantitative estimate of drug-likeness (QED) is 0.562. The van der Waals surface area contributed by atoms with Crippen molar-refractivity contribution >= 4 is 34.6 Å². The van der Waals surface area contributed by atoms with Crippen LogP contribution in [-0.4, -0.2) is 62.2 Å². The molecular weight excluding hydrogens is 308 g/mol. The predicted octanol–water partition coefficient (Wildman–Crippen LogP) is 0.671. The third kappa shape index (κ3) is 3.89. The number of hydrogen-bond acceptors (Lipinski definition) is 10. The molecule has 134 valence electrons. The molecule has 4 N–H and O–H groups in total. The van der Waals surface area contributed by atoms with E-state index in [2.05, 4.69) is 41.4 Å². The van der Waals surface area contributed by atoms with E-state index in [9.17, 15) is 0 Å². The monoisotopic (exact) mass is 336 g/mol. The summed E-state index contributed by atoms with van der Waals surface area (Å²) in [5.74, 6) is 2.31. The number of nitrogens with one attached hydrogen (secondary N) is 4. The van der Waals surface area contributed by atoms with Crippen molar-refractivity contribution in [1.29, 1.82) is 0 Å². The summed E-state index contributed by atoms with van der Waals surface area (Å²) in [6, 6.07) is 0. The predicted molar refractivity (Wildman–Crippen MR) is 100 cm³/mol. The molecule has 0 radical (unpaired) electrons. The summed E-state index contributed by atoms with van der Waals surface area (Å²) in [7, 11) is 10.9. The maximum Gasteiger partial charge on any atom is 0.242 e. The highest BCUT2D eigenvalue weighted by atomic mass is 15.5. The summed E-state index contributed by atoms with van der Waals surface area (Å²) in [5.41, 5.74) is 7.24. The van der Waals surface area contributed by atoms with Crippen molar-refractivity contribution in [2.24, 2.45) is 0 Å². The second-order valence-electron chi connectivity index (χ2n) is 4.51. The first-order chi connectivity index (χ1) is 11.5. The van der Waals surface area contributed by atoms with Crippen molar-refractivity contribution in [2.75, 3.05) is 62.9 Å². The first kappa shape index (κ1) is 19.6. The van der Waals surface area contributed by atoms with E-state index in [0.29, 0.717) is 34.6 Å². The minimum absolute atomic E-state index is 0.522. The molecule has 0 aliphatic carbocycles. The van der Waals surface area contributed by atoms with Crippen molar-refractivity contribution in [2.45, 2.75) is 13.8 Å². The molecule has 0 aliphatic rings. The van der Waals surface area contributed by atoms with E-state index in [-0.39, 0.29) is 0 Å². The SMILES string of the molecule is CC.CNc1nc(N(C)NC)nc2c(NC)nc(N(C)NC)nc12. The van der Waals surface area contributed by atoms with Gasteiger partial charge in [0.15, 0.2) is 11.6 Å². The highest BCUT2D eigenvalue weighted by molar-refractivity contribution is 5.94. The van der Waals surface area contributed by atoms with Crippen LogP contribution in [0.4, 0.5) is 23.5 Å². The van der Waals surface area contributed by atoms with Crippen LogP contribution in [0.25, 0.3) is 11.0 Å². The highest BCUT2D eigenvalue weighted by Crippen LogP contribution is 2.27. The molecule has 0 aromatic carbocycles. The van der Waals surface area contributed by atoms with Crippen molar-refractivity contribution < 1.29 is 0 Å². The molecule has 0 bridgehead atoms. The second kappa shape index (κ2) is 8.99. The Morgan fingerprint density at radius 3 is 1.21 bits per heavy atom. The number of anilines is 4. The third-order valence-electron chi connectivity index (χ3n) is 3.26. The van der Waals surface area contributed by atoms with E-state index in [1.807, 2.05) is 27.9 Å². The molecule has 0 fully saturated rings. The number of fused-ring (bicyclic) bond motifs is 1. The van der Waals surface area contributed by atoms with Crippen LogP contribution in [-0.2, 0) is 0 Å². The molecule has 24 heavy (non-hydrogen) atoms. The summed E-state index contributed by atoms with van der Waals surface area (Å²) < 4.78 is 0. The van der Waals surface area contributed by atoms with Crippen LogP contribution in [0.5, 0.6) is 0 Å². The Balaban J connectivity index is 0.00000139. The van der Waals surface area contributed by atoms with Gasteiger partial charge in [-0.2, -0.15) is 9.97 Å². The van der Waals surface area contributed by atoms with Crippen molar-refractivity contribution in [3.63, 3.8) is 0 Å². The molecule has 10 heteroatoms. The Hall–Kier alpha value is -2.46. The van der Waals surface area contributed by atoms with Gasteiger partial charge in [0.05, 0.1) is 0 Å². The Labute approximate surface area is 143 Å². The fourth-order valence-electron chi connectivity index (χ4n) is 1.84. The second-order valence-corrected chi connectivity index (χ2v) is 4.51. The van der Waals surface area contributed by atoms with Gasteiger partial charge in [-0.3, -0.25) is 10.0 Å². The first-order valence-corrected chi connectivity index (χ1v) is 7.83. The molecule has 0 aliphatic heterocycles. The van der Waals surface area contributed by atoms with Crippen LogP contribution in [0.1, 0.15) is 13.8 Å². The van der Waals surface area contributed by atoms with Crippen LogP contribution in [0, 0.1) is 0 Å². The molecule has 0 saturated carbocycles. The standard InChI is InChI=1S/C12H22N10.C2H6/c1-13-9-7-8(18-11(19-9)21(5)15-3)10(14-2)20-12(17-7)22(6)16-4;1-2/h15-16H,1-6H3,(H,13,18,19)(H,14,17,20);1-2H3. The van der Waals surface area contributed by atoms with Gasteiger partial charge >= 0.3 is 0 Å². The van der Waals surface area contributed by atoms with Gasteiger partial charge in [-0.15, -0.1) is 0 Å². The molecule has 2 heterocycles. The molecule has 0 amide bonds. The van der Waals surface area contributed by atoms with Crippen LogP contribution in [0.15, 0.2) is 0 Å². The Kier molecular flexibility index (Phi) is 7.33. The molecule has 2 rings (SSSR count).